The monoisotopic (exact) mass is 526 g/mol. The normalized spacial score (nSPS) is 11.4. The maximum atomic E-state index is 6.52. The van der Waals surface area contributed by atoms with E-state index >= 15 is 0 Å². The minimum atomic E-state index is 0.587. The molecule has 0 aliphatic rings. The van der Waals surface area contributed by atoms with Gasteiger partial charge in [0.1, 0.15) is 11.2 Å². The van der Waals surface area contributed by atoms with Crippen molar-refractivity contribution in [1.29, 1.82) is 0 Å². The Balaban J connectivity index is 1.47. The van der Waals surface area contributed by atoms with Crippen molar-refractivity contribution < 1.29 is 4.42 Å². The summed E-state index contributed by atoms with van der Waals surface area (Å²) >= 11 is 0. The van der Waals surface area contributed by atoms with Crippen LogP contribution in [-0.4, -0.2) is 19.9 Å². The summed E-state index contributed by atoms with van der Waals surface area (Å²) in [4.78, 5) is 19.6. The number of rotatable bonds is 4. The van der Waals surface area contributed by atoms with Crippen LogP contribution in [0.25, 0.3) is 78.1 Å². The molecule has 3 aromatic heterocycles. The Kier molecular flexibility index (Phi) is 5.38. The molecule has 41 heavy (non-hydrogen) atoms. The molecule has 3 heterocycles. The van der Waals surface area contributed by atoms with Crippen molar-refractivity contribution in [2.45, 2.75) is 0 Å². The highest BCUT2D eigenvalue weighted by Crippen LogP contribution is 2.40. The molecule has 5 nitrogen and oxygen atoms in total. The Bertz CT molecular complexity index is 2130. The first-order valence-electron chi connectivity index (χ1n) is 13.5. The van der Waals surface area contributed by atoms with Crippen molar-refractivity contribution in [2.24, 2.45) is 0 Å². The largest absolute Gasteiger partial charge is 0.456 e. The van der Waals surface area contributed by atoms with Gasteiger partial charge in [-0.05, 0) is 41.5 Å². The Morgan fingerprint density at radius 2 is 1.07 bits per heavy atom. The molecule has 0 N–H and O–H groups in total. The molecule has 192 valence electrons. The number of hydrogen-bond acceptors (Lipinski definition) is 5. The summed E-state index contributed by atoms with van der Waals surface area (Å²) in [5, 5.41) is 2.96. The van der Waals surface area contributed by atoms with E-state index in [4.69, 9.17) is 19.4 Å². The van der Waals surface area contributed by atoms with E-state index < -0.39 is 0 Å². The highest BCUT2D eigenvalue weighted by molar-refractivity contribution is 6.15. The first-order valence-corrected chi connectivity index (χ1v) is 13.5. The quantitative estimate of drug-likeness (QED) is 0.229. The zero-order valence-electron chi connectivity index (χ0n) is 21.9. The molecule has 0 atom stereocenters. The average molecular weight is 527 g/mol. The first kappa shape index (κ1) is 23.2. The van der Waals surface area contributed by atoms with Crippen LogP contribution in [0.4, 0.5) is 0 Å². The average Bonchev–Trinajstić information content (AvgIpc) is 3.41. The lowest BCUT2D eigenvalue weighted by Crippen LogP contribution is -2.00. The van der Waals surface area contributed by atoms with Crippen molar-refractivity contribution >= 4 is 32.8 Å². The van der Waals surface area contributed by atoms with E-state index in [2.05, 4.69) is 47.4 Å². The molecule has 0 spiro atoms. The van der Waals surface area contributed by atoms with Crippen LogP contribution < -0.4 is 0 Å². The van der Waals surface area contributed by atoms with E-state index in [1.807, 2.05) is 91.1 Å². The van der Waals surface area contributed by atoms with E-state index in [0.29, 0.717) is 17.5 Å². The molecular formula is C36H22N4O. The van der Waals surface area contributed by atoms with Crippen LogP contribution in [0.2, 0.25) is 0 Å². The van der Waals surface area contributed by atoms with Crippen molar-refractivity contribution in [1.82, 2.24) is 19.9 Å². The van der Waals surface area contributed by atoms with E-state index in [0.717, 1.165) is 60.7 Å². The van der Waals surface area contributed by atoms with Crippen molar-refractivity contribution in [2.75, 3.05) is 0 Å². The maximum absolute atomic E-state index is 6.52. The van der Waals surface area contributed by atoms with Gasteiger partial charge < -0.3 is 4.42 Å². The summed E-state index contributed by atoms with van der Waals surface area (Å²) in [7, 11) is 0. The van der Waals surface area contributed by atoms with Crippen LogP contribution in [-0.2, 0) is 0 Å². The number of hydrogen-bond donors (Lipinski definition) is 0. The van der Waals surface area contributed by atoms with Crippen molar-refractivity contribution in [3.8, 4) is 45.3 Å². The number of aromatic nitrogens is 4. The zero-order chi connectivity index (χ0) is 27.2. The van der Waals surface area contributed by atoms with Gasteiger partial charge in [0.2, 0.25) is 0 Å². The third-order valence-electron chi connectivity index (χ3n) is 7.34. The molecule has 5 aromatic carbocycles. The molecule has 0 saturated carbocycles. The molecule has 5 heteroatoms. The van der Waals surface area contributed by atoms with Crippen LogP contribution in [0.3, 0.4) is 0 Å². The second-order valence-corrected chi connectivity index (χ2v) is 9.95. The van der Waals surface area contributed by atoms with Crippen LogP contribution in [0.1, 0.15) is 0 Å². The molecule has 8 rings (SSSR count). The zero-order valence-corrected chi connectivity index (χ0v) is 21.9. The fourth-order valence-electron chi connectivity index (χ4n) is 5.37. The smallest absolute Gasteiger partial charge is 0.164 e. The van der Waals surface area contributed by atoms with Gasteiger partial charge in [0.05, 0.1) is 5.52 Å². The minimum Gasteiger partial charge on any atom is -0.456 e. The number of furan rings is 1. The predicted octanol–water partition coefficient (Wildman–Crippen LogP) is 8.99. The SMILES string of the molecule is c1ccc(-c2cc(-c3nc(-c4ccccc4)nc(-c4ccccc4)n3)c3c(c2)oc2cc4cccnc4cc23)cc1. The van der Waals surface area contributed by atoms with Gasteiger partial charge in [0.15, 0.2) is 17.5 Å². The fourth-order valence-corrected chi connectivity index (χ4v) is 5.37. The Morgan fingerprint density at radius 3 is 1.73 bits per heavy atom. The molecular weight excluding hydrogens is 504 g/mol. The highest BCUT2D eigenvalue weighted by Gasteiger charge is 2.20. The lowest BCUT2D eigenvalue weighted by molar-refractivity contribution is 0.669. The molecule has 0 radical (unpaired) electrons. The van der Waals surface area contributed by atoms with Crippen LogP contribution >= 0.6 is 0 Å². The van der Waals surface area contributed by atoms with E-state index in [9.17, 15) is 0 Å². The van der Waals surface area contributed by atoms with Gasteiger partial charge in [0, 0.05) is 39.0 Å². The van der Waals surface area contributed by atoms with E-state index in [1.165, 1.54) is 0 Å². The molecule has 0 fully saturated rings. The summed E-state index contributed by atoms with van der Waals surface area (Å²) in [6.45, 7) is 0. The standard InChI is InChI=1S/C36H22N4O/c1-4-11-23(12-5-1)27-19-29(33-28-22-30-26(17-10-18-37-30)20-31(28)41-32(33)21-27)36-39-34(24-13-6-2-7-14-24)38-35(40-36)25-15-8-3-9-16-25/h1-22H. The van der Waals surface area contributed by atoms with Crippen LogP contribution in [0.15, 0.2) is 138 Å². The Labute approximate surface area is 235 Å². The van der Waals surface area contributed by atoms with Gasteiger partial charge in [-0.1, -0.05) is 97.1 Å². The molecule has 0 bridgehead atoms. The summed E-state index contributed by atoms with van der Waals surface area (Å²) in [6.07, 6.45) is 1.81. The topological polar surface area (TPSA) is 64.7 Å². The van der Waals surface area contributed by atoms with Gasteiger partial charge in [-0.25, -0.2) is 15.0 Å². The molecule has 0 aliphatic heterocycles. The number of fused-ring (bicyclic) bond motifs is 4. The van der Waals surface area contributed by atoms with E-state index in [-0.39, 0.29) is 0 Å². The third kappa shape index (κ3) is 4.12. The van der Waals surface area contributed by atoms with Gasteiger partial charge in [0.25, 0.3) is 0 Å². The Hall–Kier alpha value is -5.68. The van der Waals surface area contributed by atoms with Crippen LogP contribution in [0.5, 0.6) is 0 Å². The second kappa shape index (κ2) is 9.50. The maximum Gasteiger partial charge on any atom is 0.164 e. The fraction of sp³-hybridized carbons (Fsp3) is 0. The van der Waals surface area contributed by atoms with Gasteiger partial charge in [-0.2, -0.15) is 0 Å². The van der Waals surface area contributed by atoms with Crippen LogP contribution in [0, 0.1) is 0 Å². The lowest BCUT2D eigenvalue weighted by atomic mass is 9.98. The van der Waals surface area contributed by atoms with Gasteiger partial charge in [-0.3, -0.25) is 4.98 Å². The number of pyridine rings is 1. The molecule has 8 aromatic rings. The molecule has 0 saturated heterocycles. The van der Waals surface area contributed by atoms with Crippen molar-refractivity contribution in [3.63, 3.8) is 0 Å². The number of benzene rings is 5. The number of nitrogens with zero attached hydrogens (tertiary/aromatic N) is 4. The molecule has 0 unspecified atom stereocenters. The molecule has 0 aliphatic carbocycles. The van der Waals surface area contributed by atoms with E-state index in [1.54, 1.807) is 0 Å². The third-order valence-corrected chi connectivity index (χ3v) is 7.34. The summed E-state index contributed by atoms with van der Waals surface area (Å²) in [5.74, 6) is 1.82. The second-order valence-electron chi connectivity index (χ2n) is 9.95. The molecule has 0 amide bonds. The first-order chi connectivity index (χ1) is 20.3. The minimum absolute atomic E-state index is 0.587. The van der Waals surface area contributed by atoms with Gasteiger partial charge in [-0.15, -0.1) is 0 Å². The Morgan fingerprint density at radius 1 is 0.463 bits per heavy atom. The predicted molar refractivity (Wildman–Crippen MR) is 164 cm³/mol. The summed E-state index contributed by atoms with van der Waals surface area (Å²) in [6, 6.07) is 42.8. The van der Waals surface area contributed by atoms with Crippen molar-refractivity contribution in [3.05, 3.63) is 134 Å². The highest BCUT2D eigenvalue weighted by atomic mass is 16.3. The lowest BCUT2D eigenvalue weighted by Gasteiger charge is -2.11. The van der Waals surface area contributed by atoms with Gasteiger partial charge >= 0.3 is 0 Å². The summed E-state index contributed by atoms with van der Waals surface area (Å²) < 4.78 is 6.52. The summed E-state index contributed by atoms with van der Waals surface area (Å²) in [5.41, 5.74) is 7.33.